The number of aliphatic hydroxyl groups is 1. The van der Waals surface area contributed by atoms with Gasteiger partial charge in [0.25, 0.3) is 0 Å². The maximum absolute atomic E-state index is 11.8. The van der Waals surface area contributed by atoms with Crippen molar-refractivity contribution in [3.63, 3.8) is 0 Å². The van der Waals surface area contributed by atoms with E-state index in [1.165, 1.54) is 6.08 Å². The summed E-state index contributed by atoms with van der Waals surface area (Å²) in [7, 11) is 0. The molecular formula is C14H10O2. The highest BCUT2D eigenvalue weighted by Gasteiger charge is 2.21. The van der Waals surface area contributed by atoms with E-state index in [-0.39, 0.29) is 5.78 Å². The predicted octanol–water partition coefficient (Wildman–Crippen LogP) is 2.41. The van der Waals surface area contributed by atoms with Crippen LogP contribution in [0.15, 0.2) is 42.5 Å². The molecule has 2 heteroatoms. The molecule has 1 N–H and O–H groups in total. The topological polar surface area (TPSA) is 37.3 Å². The van der Waals surface area contributed by atoms with Crippen molar-refractivity contribution in [3.8, 4) is 0 Å². The number of Topliss-reactive ketones (excluding diaryl/α,β-unsaturated/α-hetero) is 1. The van der Waals surface area contributed by atoms with E-state index in [4.69, 9.17) is 0 Å². The molecule has 2 nitrogen and oxygen atoms in total. The molecule has 0 saturated heterocycles. The summed E-state index contributed by atoms with van der Waals surface area (Å²) in [6.07, 6.45) is 2.33. The van der Waals surface area contributed by atoms with Crippen LogP contribution in [0.4, 0.5) is 0 Å². The first-order valence-corrected chi connectivity index (χ1v) is 5.19. The Morgan fingerprint density at radius 1 is 1.06 bits per heavy atom. The van der Waals surface area contributed by atoms with Gasteiger partial charge in [-0.2, -0.15) is 0 Å². The molecule has 2 aromatic carbocycles. The third-order valence-corrected chi connectivity index (χ3v) is 2.91. The van der Waals surface area contributed by atoms with Crippen LogP contribution in [0.3, 0.4) is 0 Å². The van der Waals surface area contributed by atoms with Crippen LogP contribution >= 0.6 is 0 Å². The van der Waals surface area contributed by atoms with Crippen molar-refractivity contribution >= 4 is 22.6 Å². The van der Waals surface area contributed by atoms with E-state index < -0.39 is 6.10 Å². The van der Waals surface area contributed by atoms with Crippen molar-refractivity contribution in [2.45, 2.75) is 6.10 Å². The third-order valence-electron chi connectivity index (χ3n) is 2.91. The van der Waals surface area contributed by atoms with E-state index in [9.17, 15) is 9.90 Å². The van der Waals surface area contributed by atoms with Crippen LogP contribution in [0, 0.1) is 0 Å². The van der Waals surface area contributed by atoms with Gasteiger partial charge in [-0.05, 0) is 34.5 Å². The maximum Gasteiger partial charge on any atom is 0.195 e. The number of hydrogen-bond donors (Lipinski definition) is 1. The Morgan fingerprint density at radius 2 is 1.75 bits per heavy atom. The van der Waals surface area contributed by atoms with E-state index in [1.807, 2.05) is 36.4 Å². The van der Waals surface area contributed by atoms with Crippen LogP contribution in [0.2, 0.25) is 0 Å². The number of ketones is 1. The minimum absolute atomic E-state index is 0.219. The highest BCUT2D eigenvalue weighted by molar-refractivity contribution is 6.08. The molecule has 0 amide bonds. The first-order valence-electron chi connectivity index (χ1n) is 5.19. The molecule has 3 rings (SSSR count). The van der Waals surface area contributed by atoms with Gasteiger partial charge in [-0.1, -0.05) is 30.3 Å². The summed E-state index contributed by atoms with van der Waals surface area (Å²) < 4.78 is 0. The molecule has 0 aromatic heterocycles. The van der Waals surface area contributed by atoms with E-state index in [0.717, 1.165) is 16.3 Å². The monoisotopic (exact) mass is 210 g/mol. The summed E-state index contributed by atoms with van der Waals surface area (Å²) in [5, 5.41) is 11.6. The Kier molecular flexibility index (Phi) is 1.91. The second kappa shape index (κ2) is 3.29. The lowest BCUT2D eigenvalue weighted by Crippen LogP contribution is -2.21. The van der Waals surface area contributed by atoms with Crippen molar-refractivity contribution in [1.82, 2.24) is 0 Å². The Labute approximate surface area is 92.8 Å². The van der Waals surface area contributed by atoms with Crippen molar-refractivity contribution < 1.29 is 9.90 Å². The van der Waals surface area contributed by atoms with Gasteiger partial charge in [0.05, 0.1) is 0 Å². The number of carbonyl (C=O) groups is 1. The first kappa shape index (κ1) is 9.31. The second-order valence-electron chi connectivity index (χ2n) is 3.95. The quantitative estimate of drug-likeness (QED) is 0.725. The molecule has 0 spiro atoms. The average molecular weight is 210 g/mol. The van der Waals surface area contributed by atoms with Crippen LogP contribution in [0.25, 0.3) is 16.8 Å². The van der Waals surface area contributed by atoms with Crippen molar-refractivity contribution in [2.24, 2.45) is 0 Å². The molecule has 78 valence electrons. The normalized spacial score (nSPS) is 18.8. The number of aliphatic hydroxyl groups excluding tert-OH is 1. The number of benzene rings is 2. The summed E-state index contributed by atoms with van der Waals surface area (Å²) >= 11 is 0. The van der Waals surface area contributed by atoms with Crippen LogP contribution in [-0.4, -0.2) is 17.0 Å². The summed E-state index contributed by atoms with van der Waals surface area (Å²) in [4.78, 5) is 11.8. The van der Waals surface area contributed by atoms with E-state index in [2.05, 4.69) is 0 Å². The molecule has 16 heavy (non-hydrogen) atoms. The molecular weight excluding hydrogens is 200 g/mol. The number of carbonyl (C=O) groups excluding carboxylic acids is 1. The summed E-state index contributed by atoms with van der Waals surface area (Å²) in [5.74, 6) is -0.219. The lowest BCUT2D eigenvalue weighted by atomic mass is 9.91. The van der Waals surface area contributed by atoms with Crippen LogP contribution < -0.4 is 0 Å². The second-order valence-corrected chi connectivity index (χ2v) is 3.95. The van der Waals surface area contributed by atoms with Gasteiger partial charge in [0.2, 0.25) is 0 Å². The average Bonchev–Trinajstić information content (AvgIpc) is 2.32. The summed E-state index contributed by atoms with van der Waals surface area (Å²) in [6, 6.07) is 11.7. The maximum atomic E-state index is 11.8. The molecule has 0 fully saturated rings. The van der Waals surface area contributed by atoms with Crippen LogP contribution in [0.5, 0.6) is 0 Å². The van der Waals surface area contributed by atoms with Gasteiger partial charge < -0.3 is 5.11 Å². The van der Waals surface area contributed by atoms with Crippen molar-refractivity contribution in [3.05, 3.63) is 53.6 Å². The lowest BCUT2D eigenvalue weighted by Gasteiger charge is -2.14. The largest absolute Gasteiger partial charge is 0.381 e. The molecule has 1 aliphatic carbocycles. The molecule has 2 aromatic rings. The van der Waals surface area contributed by atoms with Crippen molar-refractivity contribution in [2.75, 3.05) is 0 Å². The zero-order chi connectivity index (χ0) is 11.1. The van der Waals surface area contributed by atoms with Gasteiger partial charge in [0, 0.05) is 5.56 Å². The number of rotatable bonds is 0. The van der Waals surface area contributed by atoms with Gasteiger partial charge >= 0.3 is 0 Å². The van der Waals surface area contributed by atoms with E-state index in [0.29, 0.717) is 5.56 Å². The zero-order valence-corrected chi connectivity index (χ0v) is 8.55. The highest BCUT2D eigenvalue weighted by Crippen LogP contribution is 2.25. The molecule has 0 heterocycles. The van der Waals surface area contributed by atoms with Gasteiger partial charge in [0.1, 0.15) is 6.10 Å². The fraction of sp³-hybridized carbons (Fsp3) is 0.0714. The molecule has 0 radical (unpaired) electrons. The lowest BCUT2D eigenvalue weighted by molar-refractivity contribution is 0.0818. The molecule has 0 aliphatic heterocycles. The minimum atomic E-state index is -0.992. The fourth-order valence-corrected chi connectivity index (χ4v) is 2.05. The predicted molar refractivity (Wildman–Crippen MR) is 63.3 cm³/mol. The van der Waals surface area contributed by atoms with E-state index in [1.54, 1.807) is 6.08 Å². The standard InChI is InChI=1S/C14H10O2/c15-13-6-5-11-7-9-3-1-2-4-10(9)8-12(11)14(13)16/h1-8,13,15H. The summed E-state index contributed by atoms with van der Waals surface area (Å²) in [6.45, 7) is 0. The zero-order valence-electron chi connectivity index (χ0n) is 8.55. The van der Waals surface area contributed by atoms with Gasteiger partial charge in [-0.15, -0.1) is 0 Å². The van der Waals surface area contributed by atoms with Gasteiger partial charge in [-0.3, -0.25) is 4.79 Å². The Balaban J connectivity index is 2.33. The Bertz CT molecular complexity index is 611. The molecule has 1 unspecified atom stereocenters. The minimum Gasteiger partial charge on any atom is -0.381 e. The highest BCUT2D eigenvalue weighted by atomic mass is 16.3. The molecule has 1 aliphatic rings. The SMILES string of the molecule is O=C1c2cc3ccccc3cc2C=CC1O. The smallest absolute Gasteiger partial charge is 0.195 e. The molecule has 1 atom stereocenters. The summed E-state index contributed by atoms with van der Waals surface area (Å²) in [5.41, 5.74) is 1.49. The van der Waals surface area contributed by atoms with E-state index >= 15 is 0 Å². The number of hydrogen-bond acceptors (Lipinski definition) is 2. The Hall–Kier alpha value is -1.93. The number of fused-ring (bicyclic) bond motifs is 2. The Morgan fingerprint density at radius 3 is 2.50 bits per heavy atom. The first-order chi connectivity index (χ1) is 7.75. The molecule has 0 saturated carbocycles. The van der Waals surface area contributed by atoms with Crippen LogP contribution in [0.1, 0.15) is 15.9 Å². The fourth-order valence-electron chi connectivity index (χ4n) is 2.05. The molecule has 0 bridgehead atoms. The third kappa shape index (κ3) is 1.27. The van der Waals surface area contributed by atoms with Crippen molar-refractivity contribution in [1.29, 1.82) is 0 Å². The van der Waals surface area contributed by atoms with Crippen LogP contribution in [-0.2, 0) is 0 Å². The van der Waals surface area contributed by atoms with Gasteiger partial charge in [-0.25, -0.2) is 0 Å². The van der Waals surface area contributed by atoms with Gasteiger partial charge in [0.15, 0.2) is 5.78 Å².